The highest BCUT2D eigenvalue weighted by Crippen LogP contribution is 2.38. The number of nitrogens with two attached hydrogens (primary N) is 1. The number of hydrogen-bond donors (Lipinski definition) is 1. The molecule has 2 aliphatic rings. The molecular formula is C14H28N2. The van der Waals surface area contributed by atoms with Gasteiger partial charge in [0.1, 0.15) is 0 Å². The van der Waals surface area contributed by atoms with Crippen LogP contribution in [0.2, 0.25) is 0 Å². The number of piperidine rings is 1. The summed E-state index contributed by atoms with van der Waals surface area (Å²) in [7, 11) is 0. The second kappa shape index (κ2) is 5.05. The van der Waals surface area contributed by atoms with Crippen molar-refractivity contribution in [2.45, 2.75) is 58.4 Å². The average molecular weight is 224 g/mol. The summed E-state index contributed by atoms with van der Waals surface area (Å²) in [5.74, 6) is 0.940. The summed E-state index contributed by atoms with van der Waals surface area (Å²) in [6, 6.07) is 0.439. The Bertz CT molecular complexity index is 229. The lowest BCUT2D eigenvalue weighted by Crippen LogP contribution is -2.47. The third kappa shape index (κ3) is 2.60. The maximum atomic E-state index is 6.27. The molecule has 2 N–H and O–H groups in total. The Morgan fingerprint density at radius 2 is 2.12 bits per heavy atom. The maximum Gasteiger partial charge on any atom is 0.0105 e. The highest BCUT2D eigenvalue weighted by Gasteiger charge is 2.38. The Morgan fingerprint density at radius 1 is 1.31 bits per heavy atom. The number of hydrogen-bond acceptors (Lipinski definition) is 2. The standard InChI is InChI=1S/C14H28N2/c1-3-12-6-5-9-16(10-12)11-14(2)8-4-7-13(14)15/h12-13H,3-11,15H2,1-2H3. The maximum absolute atomic E-state index is 6.27. The van der Waals surface area contributed by atoms with Crippen LogP contribution in [0, 0.1) is 11.3 Å². The minimum Gasteiger partial charge on any atom is -0.327 e. The monoisotopic (exact) mass is 224 g/mol. The van der Waals surface area contributed by atoms with Gasteiger partial charge < -0.3 is 10.6 Å². The Labute approximate surface area is 101 Å². The lowest BCUT2D eigenvalue weighted by Gasteiger charge is -2.39. The molecule has 0 aromatic rings. The Balaban J connectivity index is 1.88. The van der Waals surface area contributed by atoms with Crippen LogP contribution in [-0.2, 0) is 0 Å². The largest absolute Gasteiger partial charge is 0.327 e. The Morgan fingerprint density at radius 3 is 2.75 bits per heavy atom. The first kappa shape index (κ1) is 12.4. The molecule has 1 aliphatic heterocycles. The van der Waals surface area contributed by atoms with Gasteiger partial charge in [0.2, 0.25) is 0 Å². The zero-order valence-corrected chi connectivity index (χ0v) is 11.0. The third-order valence-corrected chi connectivity index (χ3v) is 4.92. The van der Waals surface area contributed by atoms with E-state index in [1.54, 1.807) is 0 Å². The lowest BCUT2D eigenvalue weighted by molar-refractivity contribution is 0.104. The van der Waals surface area contributed by atoms with Gasteiger partial charge in [-0.2, -0.15) is 0 Å². The van der Waals surface area contributed by atoms with E-state index in [0.29, 0.717) is 11.5 Å². The van der Waals surface area contributed by atoms with E-state index in [4.69, 9.17) is 5.73 Å². The summed E-state index contributed by atoms with van der Waals surface area (Å²) in [5.41, 5.74) is 6.67. The molecule has 1 saturated carbocycles. The van der Waals surface area contributed by atoms with Crippen LogP contribution in [0.5, 0.6) is 0 Å². The van der Waals surface area contributed by atoms with Crippen molar-refractivity contribution in [1.82, 2.24) is 4.90 Å². The lowest BCUT2D eigenvalue weighted by atomic mass is 9.83. The first-order valence-corrected chi connectivity index (χ1v) is 7.12. The van der Waals surface area contributed by atoms with Gasteiger partial charge in [-0.15, -0.1) is 0 Å². The van der Waals surface area contributed by atoms with Crippen LogP contribution in [0.25, 0.3) is 0 Å². The van der Waals surface area contributed by atoms with Crippen molar-refractivity contribution in [2.75, 3.05) is 19.6 Å². The van der Waals surface area contributed by atoms with Crippen molar-refractivity contribution in [3.63, 3.8) is 0 Å². The van der Waals surface area contributed by atoms with Crippen molar-refractivity contribution in [3.05, 3.63) is 0 Å². The van der Waals surface area contributed by atoms with Crippen molar-refractivity contribution in [2.24, 2.45) is 17.1 Å². The van der Waals surface area contributed by atoms with Gasteiger partial charge in [0.25, 0.3) is 0 Å². The molecule has 0 radical (unpaired) electrons. The quantitative estimate of drug-likeness (QED) is 0.798. The summed E-state index contributed by atoms with van der Waals surface area (Å²) < 4.78 is 0. The molecular weight excluding hydrogens is 196 g/mol. The molecule has 1 aliphatic carbocycles. The van der Waals surface area contributed by atoms with Crippen LogP contribution in [0.1, 0.15) is 52.4 Å². The third-order valence-electron chi connectivity index (χ3n) is 4.92. The van der Waals surface area contributed by atoms with E-state index >= 15 is 0 Å². The van der Waals surface area contributed by atoms with Gasteiger partial charge in [0.15, 0.2) is 0 Å². The van der Waals surface area contributed by atoms with Crippen molar-refractivity contribution in [3.8, 4) is 0 Å². The normalized spacial score (nSPS) is 41.4. The molecule has 94 valence electrons. The Kier molecular flexibility index (Phi) is 3.91. The van der Waals surface area contributed by atoms with Crippen LogP contribution >= 0.6 is 0 Å². The molecule has 3 atom stereocenters. The van der Waals surface area contributed by atoms with Crippen LogP contribution < -0.4 is 5.73 Å². The minimum atomic E-state index is 0.398. The van der Waals surface area contributed by atoms with E-state index in [2.05, 4.69) is 18.7 Å². The van der Waals surface area contributed by atoms with Gasteiger partial charge in [-0.05, 0) is 43.6 Å². The first-order valence-electron chi connectivity index (χ1n) is 7.12. The number of rotatable bonds is 3. The van der Waals surface area contributed by atoms with Gasteiger partial charge in [-0.1, -0.05) is 26.7 Å². The number of nitrogens with zero attached hydrogens (tertiary/aromatic N) is 1. The van der Waals surface area contributed by atoms with Gasteiger partial charge in [-0.25, -0.2) is 0 Å². The molecule has 2 nitrogen and oxygen atoms in total. The predicted molar refractivity (Wildman–Crippen MR) is 69.4 cm³/mol. The molecule has 0 spiro atoms. The molecule has 0 aromatic carbocycles. The van der Waals surface area contributed by atoms with Gasteiger partial charge in [0, 0.05) is 19.1 Å². The molecule has 1 heterocycles. The summed E-state index contributed by atoms with van der Waals surface area (Å²) in [4.78, 5) is 2.68. The van der Waals surface area contributed by atoms with Crippen molar-refractivity contribution < 1.29 is 0 Å². The second-order valence-corrected chi connectivity index (χ2v) is 6.30. The molecule has 0 bridgehead atoms. The molecule has 2 rings (SSSR count). The van der Waals surface area contributed by atoms with Crippen LogP contribution in [0.3, 0.4) is 0 Å². The molecule has 3 unspecified atom stereocenters. The van der Waals surface area contributed by atoms with Crippen LogP contribution in [-0.4, -0.2) is 30.6 Å². The average Bonchev–Trinajstić information content (AvgIpc) is 2.59. The molecule has 0 amide bonds. The summed E-state index contributed by atoms with van der Waals surface area (Å²) in [6.45, 7) is 8.60. The first-order chi connectivity index (χ1) is 7.64. The van der Waals surface area contributed by atoms with E-state index in [1.165, 1.54) is 58.2 Å². The summed E-state index contributed by atoms with van der Waals surface area (Å²) in [5, 5.41) is 0. The van der Waals surface area contributed by atoms with E-state index in [1.807, 2.05) is 0 Å². The zero-order chi connectivity index (χ0) is 11.6. The van der Waals surface area contributed by atoms with Gasteiger partial charge in [-0.3, -0.25) is 0 Å². The molecule has 0 aromatic heterocycles. The SMILES string of the molecule is CCC1CCCN(CC2(C)CCCC2N)C1. The molecule has 16 heavy (non-hydrogen) atoms. The van der Waals surface area contributed by atoms with E-state index < -0.39 is 0 Å². The molecule has 2 heteroatoms. The van der Waals surface area contributed by atoms with E-state index in [-0.39, 0.29) is 0 Å². The zero-order valence-electron chi connectivity index (χ0n) is 11.0. The van der Waals surface area contributed by atoms with Crippen molar-refractivity contribution >= 4 is 0 Å². The fourth-order valence-corrected chi connectivity index (χ4v) is 3.59. The van der Waals surface area contributed by atoms with Crippen LogP contribution in [0.15, 0.2) is 0 Å². The summed E-state index contributed by atoms with van der Waals surface area (Å²) >= 11 is 0. The Hall–Kier alpha value is -0.0800. The fraction of sp³-hybridized carbons (Fsp3) is 1.00. The second-order valence-electron chi connectivity index (χ2n) is 6.30. The predicted octanol–water partition coefficient (Wildman–Crippen LogP) is 2.63. The smallest absolute Gasteiger partial charge is 0.0105 e. The highest BCUT2D eigenvalue weighted by atomic mass is 15.1. The summed E-state index contributed by atoms with van der Waals surface area (Å²) in [6.07, 6.45) is 8.09. The number of likely N-dealkylation sites (tertiary alicyclic amines) is 1. The highest BCUT2D eigenvalue weighted by molar-refractivity contribution is 4.94. The fourth-order valence-electron chi connectivity index (χ4n) is 3.59. The van der Waals surface area contributed by atoms with E-state index in [9.17, 15) is 0 Å². The minimum absolute atomic E-state index is 0.398. The van der Waals surface area contributed by atoms with Gasteiger partial charge >= 0.3 is 0 Å². The van der Waals surface area contributed by atoms with Gasteiger partial charge in [0.05, 0.1) is 0 Å². The van der Waals surface area contributed by atoms with Crippen molar-refractivity contribution in [1.29, 1.82) is 0 Å². The van der Waals surface area contributed by atoms with E-state index in [0.717, 1.165) is 5.92 Å². The van der Waals surface area contributed by atoms with Crippen LogP contribution in [0.4, 0.5) is 0 Å². The molecule has 1 saturated heterocycles. The topological polar surface area (TPSA) is 29.3 Å². The molecule has 2 fully saturated rings.